The monoisotopic (exact) mass is 667 g/mol. The molecule has 7 aromatic rings. The third-order valence-corrected chi connectivity index (χ3v) is 7.77. The fourth-order valence-corrected chi connectivity index (χ4v) is 5.31. The van der Waals surface area contributed by atoms with Gasteiger partial charge in [-0.2, -0.15) is 5.10 Å². The van der Waals surface area contributed by atoms with Crippen molar-refractivity contribution in [2.75, 3.05) is 12.8 Å². The van der Waals surface area contributed by atoms with E-state index in [1.807, 2.05) is 95.7 Å². The van der Waals surface area contributed by atoms with Gasteiger partial charge >= 0.3 is 7.32 Å². The van der Waals surface area contributed by atoms with Gasteiger partial charge in [-0.1, -0.05) is 84.1 Å². The first-order chi connectivity index (χ1) is 24.4. The summed E-state index contributed by atoms with van der Waals surface area (Å²) < 4.78 is 11.3. The summed E-state index contributed by atoms with van der Waals surface area (Å²) in [7, 11) is -0.227. The van der Waals surface area contributed by atoms with Crippen LogP contribution in [-0.4, -0.2) is 55.6 Å². The number of aromatic amines is 1. The van der Waals surface area contributed by atoms with Crippen LogP contribution in [0, 0.1) is 0 Å². The molecule has 0 fully saturated rings. The first kappa shape index (κ1) is 33.5. The number of hydrogen-bond acceptors (Lipinski definition) is 9. The zero-order valence-corrected chi connectivity index (χ0v) is 27.1. The minimum atomic E-state index is -1.78. The molecule has 0 aliphatic rings. The Morgan fingerprint density at radius 1 is 0.840 bits per heavy atom. The van der Waals surface area contributed by atoms with Gasteiger partial charge < -0.3 is 30.5 Å². The van der Waals surface area contributed by atoms with Crippen molar-refractivity contribution in [1.29, 1.82) is 0 Å². The van der Waals surface area contributed by atoms with Crippen molar-refractivity contribution in [3.05, 3.63) is 144 Å². The standard InChI is InChI=1S/C30H25N7O.C7H9BO4/c31-29-25-17-22(14-15-26(25)33-35-29)27-28(37(36-34-27)19-21-10-5-2-6-11-21)23-12-7-13-24(16-23)30(38)32-18-20-8-3-1-4-9-20;1-11-6-2-4-7(5-3-6)12-8(9)10/h1-17H,18-19H2,(H,32,38)(H3,31,33,35);2-5,9-10H,1H3. The number of H-pyrrole nitrogens is 1. The number of aromatic nitrogens is 5. The van der Waals surface area contributed by atoms with E-state index in [1.165, 1.54) is 0 Å². The molecule has 0 atom stereocenters. The van der Waals surface area contributed by atoms with Gasteiger partial charge in [0.15, 0.2) is 5.82 Å². The van der Waals surface area contributed by atoms with Crippen molar-refractivity contribution in [3.8, 4) is 34.0 Å². The first-order valence-electron chi connectivity index (χ1n) is 15.7. The minimum Gasteiger partial charge on any atom is -0.512 e. The number of nitrogens with one attached hydrogen (secondary N) is 2. The Morgan fingerprint density at radius 2 is 1.54 bits per heavy atom. The zero-order chi connectivity index (χ0) is 34.9. The van der Waals surface area contributed by atoms with Crippen molar-refractivity contribution >= 4 is 29.9 Å². The van der Waals surface area contributed by atoms with Crippen LogP contribution in [0.2, 0.25) is 0 Å². The predicted molar refractivity (Wildman–Crippen MR) is 192 cm³/mol. The van der Waals surface area contributed by atoms with Gasteiger partial charge in [0.05, 0.1) is 24.9 Å². The lowest BCUT2D eigenvalue weighted by molar-refractivity contribution is 0.0951. The van der Waals surface area contributed by atoms with E-state index in [9.17, 15) is 4.79 Å². The number of nitrogen functional groups attached to an aromatic ring is 1. The third kappa shape index (κ3) is 8.16. The van der Waals surface area contributed by atoms with Crippen LogP contribution in [0.3, 0.4) is 0 Å². The highest BCUT2D eigenvalue weighted by molar-refractivity contribution is 6.33. The number of methoxy groups -OCH3 is 1. The van der Waals surface area contributed by atoms with E-state index in [4.69, 9.17) is 20.5 Å². The number of carbonyl (C=O) groups is 1. The minimum absolute atomic E-state index is 0.146. The van der Waals surface area contributed by atoms with Gasteiger partial charge in [-0.25, -0.2) is 4.68 Å². The molecular weight excluding hydrogens is 633 g/mol. The number of anilines is 1. The number of nitrogens with two attached hydrogens (primary N) is 1. The lowest BCUT2D eigenvalue weighted by atomic mass is 10.0. The van der Waals surface area contributed by atoms with E-state index in [2.05, 4.69) is 42.6 Å². The smallest absolute Gasteiger partial charge is 0.512 e. The van der Waals surface area contributed by atoms with Gasteiger partial charge in [0.1, 0.15) is 17.2 Å². The number of rotatable bonds is 10. The largest absolute Gasteiger partial charge is 0.707 e. The van der Waals surface area contributed by atoms with Crippen molar-refractivity contribution in [2.45, 2.75) is 13.1 Å². The summed E-state index contributed by atoms with van der Waals surface area (Å²) in [6, 6.07) is 39.8. The van der Waals surface area contributed by atoms with E-state index in [0.717, 1.165) is 38.9 Å². The summed E-state index contributed by atoms with van der Waals surface area (Å²) >= 11 is 0. The molecule has 0 saturated carbocycles. The van der Waals surface area contributed by atoms with E-state index in [-0.39, 0.29) is 5.91 Å². The first-order valence-corrected chi connectivity index (χ1v) is 15.7. The molecule has 5 aromatic carbocycles. The number of hydrogen-bond donors (Lipinski definition) is 5. The van der Waals surface area contributed by atoms with Crippen LogP contribution in [0.1, 0.15) is 21.5 Å². The number of carbonyl (C=O) groups excluding carboxylic acids is 1. The lowest BCUT2D eigenvalue weighted by Gasteiger charge is -2.11. The van der Waals surface area contributed by atoms with Crippen LogP contribution in [0.5, 0.6) is 11.5 Å². The van der Waals surface area contributed by atoms with Crippen molar-refractivity contribution in [1.82, 2.24) is 30.5 Å². The molecule has 0 aliphatic carbocycles. The molecule has 50 heavy (non-hydrogen) atoms. The predicted octanol–water partition coefficient (Wildman–Crippen LogP) is 5.09. The summed E-state index contributed by atoms with van der Waals surface area (Å²) in [5.41, 5.74) is 12.8. The maximum absolute atomic E-state index is 13.1. The van der Waals surface area contributed by atoms with Crippen LogP contribution >= 0.6 is 0 Å². The van der Waals surface area contributed by atoms with Crippen LogP contribution in [-0.2, 0) is 13.1 Å². The summed E-state index contributed by atoms with van der Waals surface area (Å²) in [6.07, 6.45) is 0. The van der Waals surface area contributed by atoms with E-state index in [0.29, 0.717) is 41.7 Å². The highest BCUT2D eigenvalue weighted by Gasteiger charge is 2.20. The van der Waals surface area contributed by atoms with E-state index < -0.39 is 7.32 Å². The average molecular weight is 668 g/mol. The molecule has 2 heterocycles. The van der Waals surface area contributed by atoms with Crippen molar-refractivity contribution in [2.24, 2.45) is 0 Å². The number of benzene rings is 5. The fourth-order valence-electron chi connectivity index (χ4n) is 5.31. The molecule has 0 aliphatic heterocycles. The highest BCUT2D eigenvalue weighted by Crippen LogP contribution is 2.33. The maximum Gasteiger partial charge on any atom is 0.707 e. The highest BCUT2D eigenvalue weighted by atomic mass is 16.6. The van der Waals surface area contributed by atoms with Gasteiger partial charge in [0.2, 0.25) is 0 Å². The van der Waals surface area contributed by atoms with Gasteiger partial charge in [-0.05, 0) is 59.7 Å². The molecule has 0 bridgehead atoms. The summed E-state index contributed by atoms with van der Waals surface area (Å²) in [5.74, 6) is 1.35. The Bertz CT molecular complexity index is 2170. The fraction of sp³-hybridized carbons (Fsp3) is 0.0811. The molecule has 6 N–H and O–H groups in total. The second kappa shape index (κ2) is 15.6. The Kier molecular flexibility index (Phi) is 10.5. The third-order valence-electron chi connectivity index (χ3n) is 7.77. The molecule has 12 nitrogen and oxygen atoms in total. The Morgan fingerprint density at radius 3 is 2.24 bits per heavy atom. The molecule has 0 radical (unpaired) electrons. The molecular formula is C37H34BN7O5. The number of nitrogens with zero attached hydrogens (tertiary/aromatic N) is 4. The van der Waals surface area contributed by atoms with Gasteiger partial charge in [-0.3, -0.25) is 9.89 Å². The molecule has 0 unspecified atom stereocenters. The zero-order valence-electron chi connectivity index (χ0n) is 27.1. The molecule has 7 rings (SSSR count). The molecule has 13 heteroatoms. The lowest BCUT2D eigenvalue weighted by Crippen LogP contribution is -2.22. The normalized spacial score (nSPS) is 10.6. The summed E-state index contributed by atoms with van der Waals surface area (Å²) in [5, 5.41) is 36.8. The second-order valence-corrected chi connectivity index (χ2v) is 11.2. The SMILES string of the molecule is COc1ccc(OB(O)O)cc1.Nc1n[nH]c2ccc(-c3nnn(Cc4ccccc4)c3-c3cccc(C(=O)NCc4ccccc4)c3)cc12. The molecule has 2 aromatic heterocycles. The Balaban J connectivity index is 0.000000306. The average Bonchev–Trinajstić information content (AvgIpc) is 3.74. The van der Waals surface area contributed by atoms with Gasteiger partial charge in [0.25, 0.3) is 5.91 Å². The van der Waals surface area contributed by atoms with Gasteiger partial charge in [-0.15, -0.1) is 5.10 Å². The van der Waals surface area contributed by atoms with Gasteiger partial charge in [0, 0.05) is 28.6 Å². The van der Waals surface area contributed by atoms with E-state index in [1.54, 1.807) is 31.4 Å². The van der Waals surface area contributed by atoms with E-state index >= 15 is 0 Å². The van der Waals surface area contributed by atoms with Crippen LogP contribution < -0.4 is 20.4 Å². The summed E-state index contributed by atoms with van der Waals surface area (Å²) in [4.78, 5) is 13.1. The number of fused-ring (bicyclic) bond motifs is 1. The quantitative estimate of drug-likeness (QED) is 0.125. The Labute approximate surface area is 288 Å². The second-order valence-electron chi connectivity index (χ2n) is 11.2. The van der Waals surface area contributed by atoms with Crippen LogP contribution in [0.25, 0.3) is 33.4 Å². The molecule has 1 amide bonds. The number of ether oxygens (including phenoxy) is 1. The van der Waals surface area contributed by atoms with Crippen LogP contribution in [0.15, 0.2) is 127 Å². The molecule has 0 saturated heterocycles. The Hall–Kier alpha value is -6.44. The molecule has 0 spiro atoms. The van der Waals surface area contributed by atoms with Crippen molar-refractivity contribution in [3.63, 3.8) is 0 Å². The molecule has 250 valence electrons. The number of amides is 1. The topological polar surface area (TPSA) is 173 Å². The van der Waals surface area contributed by atoms with Crippen LogP contribution in [0.4, 0.5) is 5.82 Å². The summed E-state index contributed by atoms with van der Waals surface area (Å²) in [6.45, 7) is 0.985. The van der Waals surface area contributed by atoms with Crippen molar-refractivity contribution < 1.29 is 24.2 Å². The maximum atomic E-state index is 13.1.